The van der Waals surface area contributed by atoms with Crippen LogP contribution in [-0.2, 0) is 4.74 Å². The lowest BCUT2D eigenvalue weighted by molar-refractivity contribution is 0.0497. The molecule has 1 aliphatic heterocycles. The average molecular weight is 351 g/mol. The summed E-state index contributed by atoms with van der Waals surface area (Å²) in [7, 11) is 0. The average Bonchev–Trinajstić information content (AvgIpc) is 3.06. The summed E-state index contributed by atoms with van der Waals surface area (Å²) in [6.45, 7) is 1.12. The standard InChI is InChI=1S/C18H25NO6/c20-17(14-8-9-15-16(12-14)25-13-24-15)23-11-7-5-3-1-2-4-6-10-19-18(21)22/h8-9,12,19H,1-7,10-11,13H2,(H,21,22). The number of carbonyl (C=O) groups is 2. The van der Waals surface area contributed by atoms with Gasteiger partial charge in [-0.1, -0.05) is 32.1 Å². The summed E-state index contributed by atoms with van der Waals surface area (Å²) in [6.07, 6.45) is 6.10. The number of fused-ring (bicyclic) bond motifs is 1. The Hall–Kier alpha value is -2.44. The fourth-order valence-electron chi connectivity index (χ4n) is 2.58. The number of nitrogens with one attached hydrogen (secondary N) is 1. The van der Waals surface area contributed by atoms with Gasteiger partial charge in [-0.3, -0.25) is 0 Å². The van der Waals surface area contributed by atoms with Crippen LogP contribution in [0.5, 0.6) is 11.5 Å². The Morgan fingerprint density at radius 1 is 1.00 bits per heavy atom. The molecule has 0 saturated carbocycles. The van der Waals surface area contributed by atoms with Crippen LogP contribution in [0.25, 0.3) is 0 Å². The summed E-state index contributed by atoms with van der Waals surface area (Å²) >= 11 is 0. The van der Waals surface area contributed by atoms with Gasteiger partial charge in [-0.05, 0) is 31.0 Å². The third-order valence-electron chi connectivity index (χ3n) is 3.94. The SMILES string of the molecule is O=C(O)NCCCCCCCCCOC(=O)c1ccc2c(c1)OCO2. The first-order valence-corrected chi connectivity index (χ1v) is 8.70. The number of ether oxygens (including phenoxy) is 3. The first-order chi connectivity index (χ1) is 12.2. The van der Waals surface area contributed by atoms with E-state index in [2.05, 4.69) is 5.32 Å². The molecule has 1 aliphatic rings. The van der Waals surface area contributed by atoms with Gasteiger partial charge in [-0.15, -0.1) is 0 Å². The van der Waals surface area contributed by atoms with Crippen LogP contribution in [0.4, 0.5) is 4.79 Å². The zero-order valence-corrected chi connectivity index (χ0v) is 14.3. The predicted molar refractivity (Wildman–Crippen MR) is 91.2 cm³/mol. The fraction of sp³-hybridized carbons (Fsp3) is 0.556. The minimum atomic E-state index is -0.963. The van der Waals surface area contributed by atoms with Crippen molar-refractivity contribution in [1.29, 1.82) is 0 Å². The number of hydrogen-bond donors (Lipinski definition) is 2. The summed E-state index contributed by atoms with van der Waals surface area (Å²) in [5.41, 5.74) is 0.472. The van der Waals surface area contributed by atoms with Gasteiger partial charge in [0.15, 0.2) is 11.5 Å². The number of amides is 1. The Labute approximate surface area is 147 Å². The summed E-state index contributed by atoms with van der Waals surface area (Å²) in [6, 6.07) is 5.03. The lowest BCUT2D eigenvalue weighted by atomic mass is 10.1. The molecule has 1 amide bonds. The molecule has 0 unspecified atom stereocenters. The molecule has 0 saturated heterocycles. The van der Waals surface area contributed by atoms with Crippen LogP contribution < -0.4 is 14.8 Å². The van der Waals surface area contributed by atoms with E-state index < -0.39 is 6.09 Å². The summed E-state index contributed by atoms with van der Waals surface area (Å²) in [5, 5.41) is 10.8. The van der Waals surface area contributed by atoms with E-state index in [4.69, 9.17) is 19.3 Å². The van der Waals surface area contributed by atoms with Crippen molar-refractivity contribution in [2.24, 2.45) is 0 Å². The third kappa shape index (κ3) is 6.91. The first kappa shape index (κ1) is 18.9. The summed E-state index contributed by atoms with van der Waals surface area (Å²) in [5.74, 6) is 0.882. The van der Waals surface area contributed by atoms with Crippen molar-refractivity contribution in [3.63, 3.8) is 0 Å². The molecule has 25 heavy (non-hydrogen) atoms. The van der Waals surface area contributed by atoms with Crippen molar-refractivity contribution in [3.05, 3.63) is 23.8 Å². The molecule has 2 rings (SSSR count). The molecule has 7 heteroatoms. The van der Waals surface area contributed by atoms with E-state index in [1.165, 1.54) is 0 Å². The highest BCUT2D eigenvalue weighted by molar-refractivity contribution is 5.90. The largest absolute Gasteiger partial charge is 0.465 e. The highest BCUT2D eigenvalue weighted by Gasteiger charge is 2.16. The van der Waals surface area contributed by atoms with Gasteiger partial charge in [0.25, 0.3) is 0 Å². The van der Waals surface area contributed by atoms with E-state index in [-0.39, 0.29) is 12.8 Å². The van der Waals surface area contributed by atoms with Crippen molar-refractivity contribution >= 4 is 12.1 Å². The molecule has 1 aromatic rings. The fourth-order valence-corrected chi connectivity index (χ4v) is 2.58. The second kappa shape index (κ2) is 10.4. The number of carbonyl (C=O) groups excluding carboxylic acids is 1. The highest BCUT2D eigenvalue weighted by Crippen LogP contribution is 2.32. The van der Waals surface area contributed by atoms with Crippen molar-refractivity contribution in [1.82, 2.24) is 5.32 Å². The zero-order valence-electron chi connectivity index (χ0n) is 14.3. The Balaban J connectivity index is 1.46. The molecule has 7 nitrogen and oxygen atoms in total. The van der Waals surface area contributed by atoms with Gasteiger partial charge >= 0.3 is 12.1 Å². The maximum absolute atomic E-state index is 12.0. The van der Waals surface area contributed by atoms with Crippen LogP contribution in [0.1, 0.15) is 55.3 Å². The molecule has 0 atom stereocenters. The third-order valence-corrected chi connectivity index (χ3v) is 3.94. The summed E-state index contributed by atoms with van der Waals surface area (Å²) in [4.78, 5) is 22.2. The molecule has 0 radical (unpaired) electrons. The lowest BCUT2D eigenvalue weighted by Gasteiger charge is -2.06. The number of rotatable bonds is 11. The van der Waals surface area contributed by atoms with Crippen LogP contribution in [0, 0.1) is 0 Å². The zero-order chi connectivity index (χ0) is 17.9. The van der Waals surface area contributed by atoms with Gasteiger partial charge in [0, 0.05) is 6.54 Å². The Morgan fingerprint density at radius 3 is 2.44 bits per heavy atom. The smallest absolute Gasteiger partial charge is 0.404 e. The van der Waals surface area contributed by atoms with Gasteiger partial charge in [-0.2, -0.15) is 0 Å². The molecule has 0 aliphatic carbocycles. The van der Waals surface area contributed by atoms with Crippen LogP contribution in [0.2, 0.25) is 0 Å². The molecule has 1 aromatic carbocycles. The number of benzene rings is 1. The number of esters is 1. The van der Waals surface area contributed by atoms with Gasteiger partial charge in [0.2, 0.25) is 6.79 Å². The minimum Gasteiger partial charge on any atom is -0.465 e. The molecular weight excluding hydrogens is 326 g/mol. The summed E-state index contributed by atoms with van der Waals surface area (Å²) < 4.78 is 15.7. The van der Waals surface area contributed by atoms with E-state index >= 15 is 0 Å². The topological polar surface area (TPSA) is 94.1 Å². The normalized spacial score (nSPS) is 12.0. The van der Waals surface area contributed by atoms with Gasteiger partial charge in [0.1, 0.15) is 0 Å². The molecule has 2 N–H and O–H groups in total. The van der Waals surface area contributed by atoms with E-state index in [9.17, 15) is 9.59 Å². The Morgan fingerprint density at radius 2 is 1.68 bits per heavy atom. The van der Waals surface area contributed by atoms with Gasteiger partial charge in [0.05, 0.1) is 12.2 Å². The minimum absolute atomic E-state index is 0.184. The molecular formula is C18H25NO6. The molecule has 138 valence electrons. The van der Waals surface area contributed by atoms with Crippen molar-refractivity contribution < 1.29 is 28.9 Å². The van der Waals surface area contributed by atoms with E-state index in [1.54, 1.807) is 18.2 Å². The monoisotopic (exact) mass is 351 g/mol. The van der Waals surface area contributed by atoms with Crippen molar-refractivity contribution in [2.45, 2.75) is 44.9 Å². The molecule has 0 spiro atoms. The molecule has 1 heterocycles. The maximum atomic E-state index is 12.0. The van der Waals surface area contributed by atoms with E-state index in [0.717, 1.165) is 44.9 Å². The van der Waals surface area contributed by atoms with Crippen molar-refractivity contribution in [2.75, 3.05) is 19.9 Å². The second-order valence-corrected chi connectivity index (χ2v) is 5.91. The first-order valence-electron chi connectivity index (χ1n) is 8.70. The van der Waals surface area contributed by atoms with Gasteiger partial charge in [-0.25, -0.2) is 9.59 Å². The Bertz CT molecular complexity index is 575. The van der Waals surface area contributed by atoms with Gasteiger partial charge < -0.3 is 24.6 Å². The quantitative estimate of drug-likeness (QED) is 0.467. The maximum Gasteiger partial charge on any atom is 0.404 e. The van der Waals surface area contributed by atoms with E-state index in [0.29, 0.717) is 30.2 Å². The van der Waals surface area contributed by atoms with Crippen LogP contribution in [0.3, 0.4) is 0 Å². The molecule has 0 aromatic heterocycles. The Kier molecular flexibility index (Phi) is 7.88. The second-order valence-electron chi connectivity index (χ2n) is 5.91. The van der Waals surface area contributed by atoms with Crippen LogP contribution >= 0.6 is 0 Å². The van der Waals surface area contributed by atoms with Crippen LogP contribution in [-0.4, -0.2) is 37.1 Å². The number of hydrogen-bond acceptors (Lipinski definition) is 5. The molecule has 0 bridgehead atoms. The highest BCUT2D eigenvalue weighted by atomic mass is 16.7. The molecule has 0 fully saturated rings. The lowest BCUT2D eigenvalue weighted by Crippen LogP contribution is -2.21. The van der Waals surface area contributed by atoms with Crippen LogP contribution in [0.15, 0.2) is 18.2 Å². The predicted octanol–water partition coefficient (Wildman–Crippen LogP) is 3.57. The number of unbranched alkanes of at least 4 members (excludes halogenated alkanes) is 6. The number of carboxylic acid groups (broad SMARTS) is 1. The van der Waals surface area contributed by atoms with E-state index in [1.807, 2.05) is 0 Å². The van der Waals surface area contributed by atoms with Crippen molar-refractivity contribution in [3.8, 4) is 11.5 Å².